The van der Waals surface area contributed by atoms with E-state index in [0.717, 1.165) is 29.2 Å². The zero-order valence-electron chi connectivity index (χ0n) is 13.0. The van der Waals surface area contributed by atoms with E-state index < -0.39 is 0 Å². The van der Waals surface area contributed by atoms with Gasteiger partial charge in [0.05, 0.1) is 15.7 Å². The lowest BCUT2D eigenvalue weighted by molar-refractivity contribution is 0.319. The van der Waals surface area contributed by atoms with Crippen molar-refractivity contribution in [2.45, 2.75) is 19.0 Å². The Bertz CT molecular complexity index is 948. The third-order valence-corrected chi connectivity index (χ3v) is 5.83. The number of aromatic nitrogens is 1. The maximum Gasteiger partial charge on any atom is 0.132 e. The molecule has 0 N–H and O–H groups in total. The van der Waals surface area contributed by atoms with Gasteiger partial charge in [0, 0.05) is 29.2 Å². The van der Waals surface area contributed by atoms with Crippen molar-refractivity contribution >= 4 is 38.8 Å². The second-order valence-corrected chi connectivity index (χ2v) is 7.58. The van der Waals surface area contributed by atoms with Crippen molar-refractivity contribution in [1.29, 1.82) is 0 Å². The van der Waals surface area contributed by atoms with Crippen LogP contribution >= 0.6 is 22.9 Å². The zero-order chi connectivity index (χ0) is 16.1. The molecular formula is C19H16ClN3S. The highest BCUT2D eigenvalue weighted by Crippen LogP contribution is 2.43. The molecular weight excluding hydrogens is 338 g/mol. The van der Waals surface area contributed by atoms with E-state index in [1.54, 1.807) is 11.3 Å². The van der Waals surface area contributed by atoms with E-state index in [1.807, 2.05) is 23.7 Å². The fourth-order valence-electron chi connectivity index (χ4n) is 3.74. The summed E-state index contributed by atoms with van der Waals surface area (Å²) in [5.41, 5.74) is 6.85. The molecule has 0 bridgehead atoms. The molecule has 0 spiro atoms. The van der Waals surface area contributed by atoms with Crippen LogP contribution in [0.25, 0.3) is 10.2 Å². The molecule has 3 nitrogen and oxygen atoms in total. The summed E-state index contributed by atoms with van der Waals surface area (Å²) in [7, 11) is 0. The molecule has 0 amide bonds. The largest absolute Gasteiger partial charge is 0.349 e. The summed E-state index contributed by atoms with van der Waals surface area (Å²) in [4.78, 5) is 9.27. The van der Waals surface area contributed by atoms with Gasteiger partial charge in [-0.05, 0) is 48.7 Å². The summed E-state index contributed by atoms with van der Waals surface area (Å²) in [6.45, 7) is 1.11. The molecule has 24 heavy (non-hydrogen) atoms. The minimum absolute atomic E-state index is 0.201. The third kappa shape index (κ3) is 2.21. The van der Waals surface area contributed by atoms with Crippen LogP contribution in [-0.4, -0.2) is 16.4 Å². The fraction of sp³-hybridized carbons (Fsp3) is 0.211. The predicted molar refractivity (Wildman–Crippen MR) is 100 cm³/mol. The zero-order valence-corrected chi connectivity index (χ0v) is 14.6. The van der Waals surface area contributed by atoms with Gasteiger partial charge in [0.2, 0.25) is 0 Å². The van der Waals surface area contributed by atoms with Crippen LogP contribution in [0, 0.1) is 0 Å². The molecule has 1 unspecified atom stereocenters. The first kappa shape index (κ1) is 14.3. The van der Waals surface area contributed by atoms with E-state index in [1.165, 1.54) is 22.4 Å². The van der Waals surface area contributed by atoms with Crippen LogP contribution in [0.1, 0.15) is 24.6 Å². The molecule has 2 aliphatic rings. The van der Waals surface area contributed by atoms with E-state index in [4.69, 9.17) is 11.6 Å². The van der Waals surface area contributed by atoms with Gasteiger partial charge in [-0.3, -0.25) is 0 Å². The molecule has 120 valence electrons. The normalized spacial score (nSPS) is 19.9. The van der Waals surface area contributed by atoms with E-state index in [-0.39, 0.29) is 6.17 Å². The molecule has 0 radical (unpaired) electrons. The van der Waals surface area contributed by atoms with Crippen LogP contribution in [0.5, 0.6) is 0 Å². The minimum atomic E-state index is 0.201. The highest BCUT2D eigenvalue weighted by atomic mass is 35.5. The molecule has 2 aliphatic heterocycles. The van der Waals surface area contributed by atoms with Crippen LogP contribution < -0.4 is 4.90 Å². The number of allylic oxidation sites excluding steroid dienone is 1. The van der Waals surface area contributed by atoms with Crippen LogP contribution in [0.3, 0.4) is 0 Å². The van der Waals surface area contributed by atoms with E-state index in [0.29, 0.717) is 0 Å². The number of anilines is 1. The number of hydrogen-bond acceptors (Lipinski definition) is 4. The van der Waals surface area contributed by atoms with E-state index >= 15 is 0 Å². The number of fused-ring (bicyclic) bond motifs is 2. The van der Waals surface area contributed by atoms with Gasteiger partial charge in [0.25, 0.3) is 0 Å². The Morgan fingerprint density at radius 1 is 1.17 bits per heavy atom. The van der Waals surface area contributed by atoms with Crippen molar-refractivity contribution in [3.63, 3.8) is 0 Å². The summed E-state index contributed by atoms with van der Waals surface area (Å²) < 4.78 is 1.24. The van der Waals surface area contributed by atoms with Crippen molar-refractivity contribution in [1.82, 2.24) is 9.88 Å². The molecule has 0 saturated carbocycles. The number of halogens is 1. The Kier molecular flexibility index (Phi) is 3.28. The quantitative estimate of drug-likeness (QED) is 0.614. The first-order valence-electron chi connectivity index (χ1n) is 8.14. The molecule has 0 aliphatic carbocycles. The Labute approximate surface area is 149 Å². The Balaban J connectivity index is 1.63. The Morgan fingerprint density at radius 3 is 3.04 bits per heavy atom. The highest BCUT2D eigenvalue weighted by Gasteiger charge is 2.36. The Hall–Kier alpha value is -2.04. The van der Waals surface area contributed by atoms with Gasteiger partial charge in [0.15, 0.2) is 0 Å². The standard InChI is InChI=1S/C19H16ClN3S/c20-14-3-1-4-15(10-14)23-11-16-5-2-8-22(16)19(23)13-6-7-17-18(9-13)24-12-21-17/h1,3-4,6-7,9-12,19H,2,5,8H2. The first-order valence-corrected chi connectivity index (χ1v) is 9.40. The average molecular weight is 354 g/mol. The van der Waals surface area contributed by atoms with Crippen LogP contribution in [0.2, 0.25) is 5.02 Å². The van der Waals surface area contributed by atoms with Crippen molar-refractivity contribution in [2.75, 3.05) is 11.4 Å². The van der Waals surface area contributed by atoms with Crippen molar-refractivity contribution in [2.24, 2.45) is 0 Å². The van der Waals surface area contributed by atoms with Gasteiger partial charge in [-0.1, -0.05) is 23.7 Å². The number of thiazole rings is 1. The van der Waals surface area contributed by atoms with E-state index in [2.05, 4.69) is 45.2 Å². The van der Waals surface area contributed by atoms with Gasteiger partial charge in [-0.15, -0.1) is 11.3 Å². The van der Waals surface area contributed by atoms with Crippen LogP contribution in [-0.2, 0) is 0 Å². The van der Waals surface area contributed by atoms with E-state index in [9.17, 15) is 0 Å². The molecule has 3 aromatic rings. The number of rotatable bonds is 2. The first-order chi connectivity index (χ1) is 11.8. The van der Waals surface area contributed by atoms with Crippen LogP contribution in [0.4, 0.5) is 5.69 Å². The summed E-state index contributed by atoms with van der Waals surface area (Å²) in [6.07, 6.45) is 4.87. The van der Waals surface area contributed by atoms with Gasteiger partial charge < -0.3 is 9.80 Å². The second-order valence-electron chi connectivity index (χ2n) is 6.26. The van der Waals surface area contributed by atoms with Gasteiger partial charge in [0.1, 0.15) is 6.17 Å². The lowest BCUT2D eigenvalue weighted by atomic mass is 10.1. The monoisotopic (exact) mass is 353 g/mol. The second kappa shape index (κ2) is 5.50. The molecule has 1 aromatic heterocycles. The lowest BCUT2D eigenvalue weighted by Crippen LogP contribution is -2.30. The number of nitrogens with zero attached hydrogens (tertiary/aromatic N) is 3. The summed E-state index contributed by atoms with van der Waals surface area (Å²) in [6, 6.07) is 14.7. The molecule has 5 rings (SSSR count). The molecule has 5 heteroatoms. The lowest BCUT2D eigenvalue weighted by Gasteiger charge is -2.32. The SMILES string of the molecule is Clc1cccc(N2C=C3CCCN3C2c2ccc3ncsc3c2)c1. The van der Waals surface area contributed by atoms with Gasteiger partial charge >= 0.3 is 0 Å². The predicted octanol–water partition coefficient (Wildman–Crippen LogP) is 5.41. The topological polar surface area (TPSA) is 19.4 Å². The highest BCUT2D eigenvalue weighted by molar-refractivity contribution is 7.16. The smallest absolute Gasteiger partial charge is 0.132 e. The molecule has 1 fully saturated rings. The van der Waals surface area contributed by atoms with Crippen LogP contribution in [0.15, 0.2) is 59.9 Å². The molecule has 1 saturated heterocycles. The third-order valence-electron chi connectivity index (χ3n) is 4.81. The van der Waals surface area contributed by atoms with Crippen molar-refractivity contribution in [3.05, 3.63) is 70.5 Å². The molecule has 1 atom stereocenters. The average Bonchev–Trinajstić information content (AvgIpc) is 3.29. The number of benzene rings is 2. The summed E-state index contributed by atoms with van der Waals surface area (Å²) in [5, 5.41) is 0.773. The number of hydrogen-bond donors (Lipinski definition) is 0. The van der Waals surface area contributed by atoms with Crippen molar-refractivity contribution < 1.29 is 0 Å². The van der Waals surface area contributed by atoms with Gasteiger partial charge in [-0.25, -0.2) is 4.98 Å². The Morgan fingerprint density at radius 2 is 2.12 bits per heavy atom. The molecule has 2 aromatic carbocycles. The summed E-state index contributed by atoms with van der Waals surface area (Å²) in [5.74, 6) is 0. The van der Waals surface area contributed by atoms with Gasteiger partial charge in [-0.2, -0.15) is 0 Å². The fourth-order valence-corrected chi connectivity index (χ4v) is 4.65. The summed E-state index contributed by atoms with van der Waals surface area (Å²) >= 11 is 7.93. The van der Waals surface area contributed by atoms with Crippen molar-refractivity contribution in [3.8, 4) is 0 Å². The maximum absolute atomic E-state index is 6.23. The maximum atomic E-state index is 6.23. The minimum Gasteiger partial charge on any atom is -0.349 e. The molecule has 3 heterocycles.